The number of methoxy groups -OCH3 is 2. The molecular formula is C21H28N2O3. The summed E-state index contributed by atoms with van der Waals surface area (Å²) in [6.07, 6.45) is 1.61. The minimum atomic E-state index is -0.523. The Labute approximate surface area is 155 Å². The number of anilines is 1. The van der Waals surface area contributed by atoms with Crippen molar-refractivity contribution >= 4 is 5.69 Å². The standard InChI is InChI=1S/C21H28N2O3/c1-25-19-8-6-18(7-9-19)23-12-10-17(11-13-23)22-15-21(24)16-4-3-5-20(14-16)26-2/h3-9,14,17,21-22,24H,10-13,15H2,1-2H3. The lowest BCUT2D eigenvalue weighted by molar-refractivity contribution is 0.167. The van der Waals surface area contributed by atoms with Crippen LogP contribution < -0.4 is 19.7 Å². The van der Waals surface area contributed by atoms with E-state index in [0.717, 1.165) is 43.0 Å². The number of nitrogens with one attached hydrogen (secondary N) is 1. The molecule has 2 aromatic carbocycles. The van der Waals surface area contributed by atoms with Gasteiger partial charge < -0.3 is 24.8 Å². The first-order chi connectivity index (χ1) is 12.7. The van der Waals surface area contributed by atoms with Crippen LogP contribution in [0.3, 0.4) is 0 Å². The van der Waals surface area contributed by atoms with Crippen LogP contribution >= 0.6 is 0 Å². The van der Waals surface area contributed by atoms with Crippen molar-refractivity contribution in [2.75, 3.05) is 38.8 Å². The Morgan fingerprint density at radius 2 is 1.73 bits per heavy atom. The van der Waals surface area contributed by atoms with Crippen molar-refractivity contribution in [2.45, 2.75) is 25.0 Å². The number of ether oxygens (including phenoxy) is 2. The Bertz CT molecular complexity index is 682. The second kappa shape index (κ2) is 8.92. The van der Waals surface area contributed by atoms with Gasteiger partial charge in [-0.2, -0.15) is 0 Å². The molecule has 0 saturated carbocycles. The van der Waals surface area contributed by atoms with Crippen molar-refractivity contribution < 1.29 is 14.6 Å². The average Bonchev–Trinajstić information content (AvgIpc) is 2.72. The second-order valence-electron chi connectivity index (χ2n) is 6.66. The maximum absolute atomic E-state index is 10.4. The maximum Gasteiger partial charge on any atom is 0.119 e. The third-order valence-corrected chi connectivity index (χ3v) is 5.01. The van der Waals surface area contributed by atoms with Crippen molar-refractivity contribution in [1.29, 1.82) is 0 Å². The summed E-state index contributed by atoms with van der Waals surface area (Å²) >= 11 is 0. The third kappa shape index (κ3) is 4.68. The molecular weight excluding hydrogens is 328 g/mol. The van der Waals surface area contributed by atoms with Crippen LogP contribution in [0.1, 0.15) is 24.5 Å². The highest BCUT2D eigenvalue weighted by molar-refractivity contribution is 5.49. The van der Waals surface area contributed by atoms with Crippen molar-refractivity contribution in [2.24, 2.45) is 0 Å². The average molecular weight is 356 g/mol. The van der Waals surface area contributed by atoms with E-state index in [1.54, 1.807) is 14.2 Å². The van der Waals surface area contributed by atoms with Gasteiger partial charge in [0.1, 0.15) is 11.5 Å². The molecule has 3 rings (SSSR count). The van der Waals surface area contributed by atoms with E-state index < -0.39 is 6.10 Å². The molecule has 140 valence electrons. The number of benzene rings is 2. The highest BCUT2D eigenvalue weighted by atomic mass is 16.5. The summed E-state index contributed by atoms with van der Waals surface area (Å²) in [6.45, 7) is 2.58. The first kappa shape index (κ1) is 18.5. The molecule has 2 N–H and O–H groups in total. The molecule has 0 radical (unpaired) electrons. The minimum Gasteiger partial charge on any atom is -0.497 e. The Morgan fingerprint density at radius 1 is 1.04 bits per heavy atom. The predicted octanol–water partition coefficient (Wildman–Crippen LogP) is 3.00. The molecule has 0 aromatic heterocycles. The predicted molar refractivity (Wildman–Crippen MR) is 104 cm³/mol. The zero-order chi connectivity index (χ0) is 18.4. The molecule has 0 spiro atoms. The van der Waals surface area contributed by atoms with Crippen LogP contribution in [-0.2, 0) is 0 Å². The topological polar surface area (TPSA) is 54.0 Å². The van der Waals surface area contributed by atoms with Gasteiger partial charge in [0.05, 0.1) is 20.3 Å². The van der Waals surface area contributed by atoms with Gasteiger partial charge in [-0.3, -0.25) is 0 Å². The van der Waals surface area contributed by atoms with Gasteiger partial charge in [-0.15, -0.1) is 0 Å². The number of nitrogens with zero attached hydrogens (tertiary/aromatic N) is 1. The lowest BCUT2D eigenvalue weighted by atomic mass is 10.0. The Kier molecular flexibility index (Phi) is 6.36. The van der Waals surface area contributed by atoms with E-state index in [4.69, 9.17) is 9.47 Å². The summed E-state index contributed by atoms with van der Waals surface area (Å²) in [5.41, 5.74) is 2.12. The zero-order valence-electron chi connectivity index (χ0n) is 15.5. The fourth-order valence-corrected chi connectivity index (χ4v) is 3.38. The highest BCUT2D eigenvalue weighted by Gasteiger charge is 2.20. The normalized spacial score (nSPS) is 16.3. The Morgan fingerprint density at radius 3 is 2.38 bits per heavy atom. The minimum absolute atomic E-state index is 0.435. The van der Waals surface area contributed by atoms with E-state index in [1.807, 2.05) is 36.4 Å². The number of piperidine rings is 1. The molecule has 5 heteroatoms. The summed E-state index contributed by atoms with van der Waals surface area (Å²) in [5.74, 6) is 1.66. The first-order valence-electron chi connectivity index (χ1n) is 9.14. The molecule has 1 fully saturated rings. The summed E-state index contributed by atoms with van der Waals surface area (Å²) in [5, 5.41) is 13.9. The fraction of sp³-hybridized carbons (Fsp3) is 0.429. The fourth-order valence-electron chi connectivity index (χ4n) is 3.38. The smallest absolute Gasteiger partial charge is 0.119 e. The van der Waals surface area contributed by atoms with Crippen LogP contribution in [0.5, 0.6) is 11.5 Å². The number of rotatable bonds is 7. The van der Waals surface area contributed by atoms with Crippen LogP contribution in [0.15, 0.2) is 48.5 Å². The number of hydrogen-bond acceptors (Lipinski definition) is 5. The van der Waals surface area contributed by atoms with Gasteiger partial charge >= 0.3 is 0 Å². The molecule has 2 aromatic rings. The molecule has 1 unspecified atom stereocenters. The summed E-state index contributed by atoms with van der Waals surface area (Å²) in [6, 6.07) is 16.3. The molecule has 0 bridgehead atoms. The SMILES string of the molecule is COc1ccc(N2CCC(NCC(O)c3cccc(OC)c3)CC2)cc1. The molecule has 1 aliphatic rings. The molecule has 26 heavy (non-hydrogen) atoms. The van der Waals surface area contributed by atoms with Crippen LogP contribution in [0.25, 0.3) is 0 Å². The van der Waals surface area contributed by atoms with Crippen molar-refractivity contribution in [3.05, 3.63) is 54.1 Å². The van der Waals surface area contributed by atoms with E-state index in [-0.39, 0.29) is 0 Å². The van der Waals surface area contributed by atoms with Gasteiger partial charge in [0.2, 0.25) is 0 Å². The largest absolute Gasteiger partial charge is 0.497 e. The molecule has 1 saturated heterocycles. The lowest BCUT2D eigenvalue weighted by Crippen LogP contribution is -2.43. The van der Waals surface area contributed by atoms with E-state index in [1.165, 1.54) is 5.69 Å². The van der Waals surface area contributed by atoms with E-state index in [0.29, 0.717) is 12.6 Å². The molecule has 1 aliphatic heterocycles. The second-order valence-corrected chi connectivity index (χ2v) is 6.66. The van der Waals surface area contributed by atoms with Crippen molar-refractivity contribution in [1.82, 2.24) is 5.32 Å². The molecule has 0 aliphatic carbocycles. The van der Waals surface area contributed by atoms with Gasteiger partial charge in [0.15, 0.2) is 0 Å². The molecule has 1 atom stereocenters. The van der Waals surface area contributed by atoms with E-state index in [2.05, 4.69) is 22.3 Å². The molecule has 1 heterocycles. The number of hydrogen-bond donors (Lipinski definition) is 2. The number of aliphatic hydroxyl groups is 1. The van der Waals surface area contributed by atoms with Crippen molar-refractivity contribution in [3.8, 4) is 11.5 Å². The summed E-state index contributed by atoms with van der Waals surface area (Å²) in [7, 11) is 3.33. The van der Waals surface area contributed by atoms with Gasteiger partial charge in [0.25, 0.3) is 0 Å². The highest BCUT2D eigenvalue weighted by Crippen LogP contribution is 2.23. The Balaban J connectivity index is 1.46. The zero-order valence-corrected chi connectivity index (χ0v) is 15.5. The van der Waals surface area contributed by atoms with E-state index >= 15 is 0 Å². The van der Waals surface area contributed by atoms with Crippen molar-refractivity contribution in [3.63, 3.8) is 0 Å². The van der Waals surface area contributed by atoms with Crippen LogP contribution in [0, 0.1) is 0 Å². The monoisotopic (exact) mass is 356 g/mol. The molecule has 5 nitrogen and oxygen atoms in total. The van der Waals surface area contributed by atoms with Gasteiger partial charge in [-0.1, -0.05) is 12.1 Å². The van der Waals surface area contributed by atoms with Crippen LogP contribution in [-0.4, -0.2) is 45.0 Å². The van der Waals surface area contributed by atoms with Crippen LogP contribution in [0.4, 0.5) is 5.69 Å². The van der Waals surface area contributed by atoms with Gasteiger partial charge in [-0.05, 0) is 54.8 Å². The quantitative estimate of drug-likeness (QED) is 0.799. The maximum atomic E-state index is 10.4. The third-order valence-electron chi connectivity index (χ3n) is 5.01. The Hall–Kier alpha value is -2.24. The lowest BCUT2D eigenvalue weighted by Gasteiger charge is -2.34. The van der Waals surface area contributed by atoms with Gasteiger partial charge in [0, 0.05) is 31.4 Å². The summed E-state index contributed by atoms with van der Waals surface area (Å²) in [4.78, 5) is 2.40. The first-order valence-corrected chi connectivity index (χ1v) is 9.14. The summed E-state index contributed by atoms with van der Waals surface area (Å²) < 4.78 is 10.4. The molecule has 0 amide bonds. The van der Waals surface area contributed by atoms with Crippen LogP contribution in [0.2, 0.25) is 0 Å². The van der Waals surface area contributed by atoms with Gasteiger partial charge in [-0.25, -0.2) is 0 Å². The van der Waals surface area contributed by atoms with E-state index in [9.17, 15) is 5.11 Å². The number of aliphatic hydroxyl groups excluding tert-OH is 1.